The molecule has 8 heteroatoms. The second-order valence-electron chi connectivity index (χ2n) is 4.88. The fourth-order valence-corrected chi connectivity index (χ4v) is 2.59. The average Bonchev–Trinajstić information content (AvgIpc) is 3.02. The molecule has 0 saturated carbocycles. The normalized spacial score (nSPS) is 11.4. The van der Waals surface area contributed by atoms with Crippen molar-refractivity contribution in [1.82, 2.24) is 14.9 Å². The van der Waals surface area contributed by atoms with Crippen molar-refractivity contribution in [2.75, 3.05) is 7.11 Å². The molecule has 3 aromatic rings. The SMILES string of the molecule is COc1ccc(-c2nnc(SC(F)F)n2/N=C\c2ccccc2)cc1. The summed E-state index contributed by atoms with van der Waals surface area (Å²) in [5, 5.41) is 12.2. The van der Waals surface area contributed by atoms with Gasteiger partial charge in [0.15, 0.2) is 5.82 Å². The Labute approximate surface area is 147 Å². The highest BCUT2D eigenvalue weighted by molar-refractivity contribution is 7.99. The minimum absolute atomic E-state index is 0.0213. The number of rotatable bonds is 6. The van der Waals surface area contributed by atoms with Crippen LogP contribution in [0.4, 0.5) is 8.78 Å². The van der Waals surface area contributed by atoms with E-state index >= 15 is 0 Å². The van der Waals surface area contributed by atoms with Crippen molar-refractivity contribution in [3.8, 4) is 17.1 Å². The number of benzene rings is 2. The van der Waals surface area contributed by atoms with Crippen molar-refractivity contribution < 1.29 is 13.5 Å². The summed E-state index contributed by atoms with van der Waals surface area (Å²) in [6, 6.07) is 16.4. The number of hydrogen-bond acceptors (Lipinski definition) is 5. The first-order chi connectivity index (χ1) is 12.2. The van der Waals surface area contributed by atoms with Gasteiger partial charge in [-0.3, -0.25) is 0 Å². The van der Waals surface area contributed by atoms with Crippen molar-refractivity contribution in [2.24, 2.45) is 5.10 Å². The fourth-order valence-electron chi connectivity index (χ4n) is 2.11. The zero-order chi connectivity index (χ0) is 17.6. The van der Waals surface area contributed by atoms with Crippen LogP contribution in [0.3, 0.4) is 0 Å². The minimum atomic E-state index is -2.61. The van der Waals surface area contributed by atoms with E-state index in [-0.39, 0.29) is 5.16 Å². The van der Waals surface area contributed by atoms with Crippen LogP contribution in [0.15, 0.2) is 64.9 Å². The molecule has 128 valence electrons. The molecule has 0 saturated heterocycles. The number of halogens is 2. The third kappa shape index (κ3) is 4.21. The molecule has 0 radical (unpaired) electrons. The number of aromatic nitrogens is 3. The van der Waals surface area contributed by atoms with Crippen LogP contribution in [-0.2, 0) is 0 Å². The van der Waals surface area contributed by atoms with Gasteiger partial charge in [0.05, 0.1) is 13.3 Å². The van der Waals surface area contributed by atoms with Crippen LogP contribution in [0.5, 0.6) is 5.75 Å². The Hall–Kier alpha value is -2.74. The Balaban J connectivity index is 1.99. The number of alkyl halides is 2. The van der Waals surface area contributed by atoms with E-state index in [0.29, 0.717) is 28.9 Å². The van der Waals surface area contributed by atoms with E-state index in [4.69, 9.17) is 4.74 Å². The van der Waals surface area contributed by atoms with E-state index in [1.807, 2.05) is 30.3 Å². The zero-order valence-electron chi connectivity index (χ0n) is 13.2. The third-order valence-electron chi connectivity index (χ3n) is 3.28. The summed E-state index contributed by atoms with van der Waals surface area (Å²) in [5.41, 5.74) is 1.53. The third-order valence-corrected chi connectivity index (χ3v) is 3.92. The molecule has 0 bridgehead atoms. The first-order valence-electron chi connectivity index (χ1n) is 7.31. The van der Waals surface area contributed by atoms with Gasteiger partial charge in [-0.05, 0) is 41.6 Å². The maximum atomic E-state index is 12.8. The topological polar surface area (TPSA) is 52.3 Å². The van der Waals surface area contributed by atoms with Gasteiger partial charge in [0, 0.05) is 5.56 Å². The van der Waals surface area contributed by atoms with Crippen molar-refractivity contribution in [3.05, 3.63) is 60.2 Å². The van der Waals surface area contributed by atoms with Crippen LogP contribution in [0.25, 0.3) is 11.4 Å². The lowest BCUT2D eigenvalue weighted by atomic mass is 10.2. The molecule has 0 fully saturated rings. The van der Waals surface area contributed by atoms with Gasteiger partial charge in [-0.1, -0.05) is 30.3 Å². The molecule has 0 aliphatic carbocycles. The number of ether oxygens (including phenoxy) is 1. The van der Waals surface area contributed by atoms with Gasteiger partial charge in [-0.25, -0.2) is 0 Å². The maximum absolute atomic E-state index is 12.8. The minimum Gasteiger partial charge on any atom is -0.497 e. The number of thioether (sulfide) groups is 1. The molecule has 0 atom stereocenters. The highest BCUT2D eigenvalue weighted by atomic mass is 32.2. The maximum Gasteiger partial charge on any atom is 0.291 e. The first kappa shape index (κ1) is 17.1. The Morgan fingerprint density at radius 3 is 2.44 bits per heavy atom. The van der Waals surface area contributed by atoms with E-state index in [2.05, 4.69) is 15.3 Å². The summed E-state index contributed by atoms with van der Waals surface area (Å²) in [5.74, 6) is -1.55. The van der Waals surface area contributed by atoms with Crippen molar-refractivity contribution >= 4 is 18.0 Å². The molecular weight excluding hydrogens is 346 g/mol. The number of methoxy groups -OCH3 is 1. The second kappa shape index (κ2) is 7.89. The van der Waals surface area contributed by atoms with Crippen LogP contribution >= 0.6 is 11.8 Å². The Morgan fingerprint density at radius 2 is 1.80 bits per heavy atom. The van der Waals surface area contributed by atoms with Gasteiger partial charge >= 0.3 is 0 Å². The molecule has 0 amide bonds. The second-order valence-corrected chi connectivity index (χ2v) is 5.84. The van der Waals surface area contributed by atoms with Crippen molar-refractivity contribution in [3.63, 3.8) is 0 Å². The summed E-state index contributed by atoms with van der Waals surface area (Å²) >= 11 is 0.301. The first-order valence-corrected chi connectivity index (χ1v) is 8.19. The standard InChI is InChI=1S/C17H14F2N4OS/c1-24-14-9-7-13(8-10-14)15-21-22-17(25-16(18)19)23(15)20-11-12-5-3-2-4-6-12/h2-11,16H,1H3/b20-11-. The van der Waals surface area contributed by atoms with Gasteiger partial charge in [0.25, 0.3) is 5.76 Å². The van der Waals surface area contributed by atoms with Crippen LogP contribution in [0.1, 0.15) is 5.56 Å². The Morgan fingerprint density at radius 1 is 1.08 bits per heavy atom. The molecule has 3 rings (SSSR count). The smallest absolute Gasteiger partial charge is 0.291 e. The average molecular weight is 360 g/mol. The molecule has 25 heavy (non-hydrogen) atoms. The lowest BCUT2D eigenvalue weighted by molar-refractivity contribution is 0.251. The van der Waals surface area contributed by atoms with Gasteiger partial charge in [-0.2, -0.15) is 18.6 Å². The van der Waals surface area contributed by atoms with E-state index in [0.717, 1.165) is 5.56 Å². The number of nitrogens with zero attached hydrogens (tertiary/aromatic N) is 4. The summed E-state index contributed by atoms with van der Waals surface area (Å²) < 4.78 is 32.0. The van der Waals surface area contributed by atoms with E-state index in [9.17, 15) is 8.78 Å². The quantitative estimate of drug-likeness (QED) is 0.489. The molecule has 1 aromatic heterocycles. The van der Waals surface area contributed by atoms with Crippen molar-refractivity contribution in [2.45, 2.75) is 10.9 Å². The predicted octanol–water partition coefficient (Wildman–Crippen LogP) is 4.15. The zero-order valence-corrected chi connectivity index (χ0v) is 14.0. The van der Waals surface area contributed by atoms with E-state index in [1.165, 1.54) is 4.68 Å². The van der Waals surface area contributed by atoms with Gasteiger partial charge in [0.2, 0.25) is 5.16 Å². The largest absolute Gasteiger partial charge is 0.497 e. The van der Waals surface area contributed by atoms with Crippen LogP contribution in [-0.4, -0.2) is 34.0 Å². The van der Waals surface area contributed by atoms with Gasteiger partial charge < -0.3 is 4.74 Å². The molecule has 0 aliphatic heterocycles. The fraction of sp³-hybridized carbons (Fsp3) is 0.118. The molecule has 1 heterocycles. The molecule has 5 nitrogen and oxygen atoms in total. The molecule has 2 aromatic carbocycles. The molecule has 0 aliphatic rings. The highest BCUT2D eigenvalue weighted by Crippen LogP contribution is 2.28. The van der Waals surface area contributed by atoms with Crippen LogP contribution < -0.4 is 4.74 Å². The van der Waals surface area contributed by atoms with E-state index in [1.54, 1.807) is 37.6 Å². The Kier molecular flexibility index (Phi) is 5.39. The summed E-state index contributed by atoms with van der Waals surface area (Å²) in [4.78, 5) is 0. The lowest BCUT2D eigenvalue weighted by Crippen LogP contribution is -1.98. The predicted molar refractivity (Wildman–Crippen MR) is 93.3 cm³/mol. The molecule has 0 N–H and O–H groups in total. The van der Waals surface area contributed by atoms with Crippen molar-refractivity contribution in [1.29, 1.82) is 0 Å². The Bertz CT molecular complexity index is 851. The summed E-state index contributed by atoms with van der Waals surface area (Å²) in [7, 11) is 1.57. The lowest BCUT2D eigenvalue weighted by Gasteiger charge is -2.05. The van der Waals surface area contributed by atoms with Gasteiger partial charge in [0.1, 0.15) is 5.75 Å². The number of hydrogen-bond donors (Lipinski definition) is 0. The van der Waals surface area contributed by atoms with E-state index < -0.39 is 5.76 Å². The summed E-state index contributed by atoms with van der Waals surface area (Å²) in [6.07, 6.45) is 1.58. The monoisotopic (exact) mass is 360 g/mol. The molecular formula is C17H14F2N4OS. The van der Waals surface area contributed by atoms with Gasteiger partial charge in [-0.15, -0.1) is 10.2 Å². The molecule has 0 unspecified atom stereocenters. The highest BCUT2D eigenvalue weighted by Gasteiger charge is 2.18. The molecule has 0 spiro atoms. The van der Waals surface area contributed by atoms with Crippen LogP contribution in [0.2, 0.25) is 0 Å². The summed E-state index contributed by atoms with van der Waals surface area (Å²) in [6.45, 7) is 0. The van der Waals surface area contributed by atoms with Crippen LogP contribution in [0, 0.1) is 0 Å².